The van der Waals surface area contributed by atoms with Gasteiger partial charge in [-0.25, -0.2) is 0 Å². The van der Waals surface area contributed by atoms with Crippen LogP contribution in [0, 0.1) is 11.8 Å². The van der Waals surface area contributed by atoms with E-state index < -0.39 is 0 Å². The summed E-state index contributed by atoms with van der Waals surface area (Å²) in [6.07, 6.45) is 2.11. The van der Waals surface area contributed by atoms with E-state index in [0.717, 1.165) is 39.0 Å². The van der Waals surface area contributed by atoms with Gasteiger partial charge in [-0.3, -0.25) is 14.5 Å². The minimum atomic E-state index is -0.155. The first-order valence-electron chi connectivity index (χ1n) is 8.73. The summed E-state index contributed by atoms with van der Waals surface area (Å²) in [6.45, 7) is 3.83. The molecule has 0 aromatic heterocycles. The lowest BCUT2D eigenvalue weighted by atomic mass is 9.92. The number of hydrogen-bond acceptors (Lipinski definition) is 4. The molecule has 3 heterocycles. The average molecular weight is 329 g/mol. The van der Waals surface area contributed by atoms with E-state index in [0.29, 0.717) is 23.3 Å². The van der Waals surface area contributed by atoms with Crippen LogP contribution in [0.25, 0.3) is 0 Å². The van der Waals surface area contributed by atoms with E-state index in [1.54, 1.807) is 4.90 Å². The Morgan fingerprint density at radius 2 is 1.88 bits per heavy atom. The van der Waals surface area contributed by atoms with E-state index in [2.05, 4.69) is 5.32 Å². The number of benzene rings is 1. The molecule has 2 atom stereocenters. The molecule has 0 saturated carbocycles. The van der Waals surface area contributed by atoms with Crippen LogP contribution in [0.1, 0.15) is 12.8 Å². The van der Waals surface area contributed by atoms with E-state index in [9.17, 15) is 9.59 Å². The number of amides is 2. The second kappa shape index (κ2) is 6.43. The summed E-state index contributed by atoms with van der Waals surface area (Å²) >= 11 is 0. The number of ether oxygens (including phenoxy) is 1. The number of carbonyl (C=O) groups is 2. The van der Waals surface area contributed by atoms with Crippen molar-refractivity contribution in [2.45, 2.75) is 12.8 Å². The molecule has 1 aromatic rings. The second-order valence-corrected chi connectivity index (χ2v) is 6.87. The highest BCUT2D eigenvalue weighted by Crippen LogP contribution is 2.32. The Labute approximate surface area is 141 Å². The Bertz CT molecular complexity index is 634. The Morgan fingerprint density at radius 1 is 1.17 bits per heavy atom. The zero-order valence-corrected chi connectivity index (χ0v) is 13.7. The van der Waals surface area contributed by atoms with Gasteiger partial charge < -0.3 is 15.0 Å². The zero-order valence-electron chi connectivity index (χ0n) is 13.7. The van der Waals surface area contributed by atoms with Crippen molar-refractivity contribution in [1.82, 2.24) is 10.2 Å². The third-order valence-electron chi connectivity index (χ3n) is 5.47. The van der Waals surface area contributed by atoms with Crippen LogP contribution in [0.3, 0.4) is 0 Å². The number of anilines is 1. The first-order valence-corrected chi connectivity index (χ1v) is 8.73. The molecule has 3 aliphatic heterocycles. The number of likely N-dealkylation sites (tertiary alicyclic amines) is 1. The number of fused-ring (bicyclic) bond motifs is 2. The molecule has 0 radical (unpaired) electrons. The topological polar surface area (TPSA) is 61.9 Å². The number of nitrogens with zero attached hydrogens (tertiary/aromatic N) is 2. The van der Waals surface area contributed by atoms with Crippen molar-refractivity contribution in [3.05, 3.63) is 24.3 Å². The van der Waals surface area contributed by atoms with Crippen molar-refractivity contribution in [2.75, 3.05) is 44.2 Å². The standard InChI is InChI=1S/C18H23N3O3/c22-17(20-7-5-13-9-19-10-14(13)6-8-20)11-21-15-3-1-2-4-16(15)24-12-18(21)23/h1-4,13-14,19H,5-12H2/t13-,14+. The van der Waals surface area contributed by atoms with Crippen LogP contribution in [0.15, 0.2) is 24.3 Å². The molecule has 0 bridgehead atoms. The summed E-state index contributed by atoms with van der Waals surface area (Å²) in [6, 6.07) is 7.39. The summed E-state index contributed by atoms with van der Waals surface area (Å²) < 4.78 is 5.44. The normalized spacial score (nSPS) is 26.4. The molecular weight excluding hydrogens is 306 g/mol. The number of hydrogen-bond donors (Lipinski definition) is 1. The van der Waals surface area contributed by atoms with Crippen LogP contribution in [-0.2, 0) is 9.59 Å². The minimum absolute atomic E-state index is 0.000110. The van der Waals surface area contributed by atoms with Crippen molar-refractivity contribution < 1.29 is 14.3 Å². The monoisotopic (exact) mass is 329 g/mol. The third kappa shape index (κ3) is 2.86. The van der Waals surface area contributed by atoms with Gasteiger partial charge in [0.15, 0.2) is 6.61 Å². The number of para-hydroxylation sites is 2. The maximum Gasteiger partial charge on any atom is 0.265 e. The van der Waals surface area contributed by atoms with Crippen molar-refractivity contribution in [3.63, 3.8) is 0 Å². The first kappa shape index (κ1) is 15.4. The van der Waals surface area contributed by atoms with Crippen molar-refractivity contribution in [2.24, 2.45) is 11.8 Å². The maximum absolute atomic E-state index is 12.8. The molecular formula is C18H23N3O3. The number of carbonyl (C=O) groups excluding carboxylic acids is 2. The molecule has 0 spiro atoms. The van der Waals surface area contributed by atoms with Gasteiger partial charge in [0.1, 0.15) is 12.3 Å². The molecule has 128 valence electrons. The van der Waals surface area contributed by atoms with Gasteiger partial charge in [-0.1, -0.05) is 12.1 Å². The number of nitrogens with one attached hydrogen (secondary N) is 1. The smallest absolute Gasteiger partial charge is 0.265 e. The average Bonchev–Trinajstić information content (AvgIpc) is 2.95. The summed E-state index contributed by atoms with van der Waals surface area (Å²) in [5.41, 5.74) is 0.693. The highest BCUT2D eigenvalue weighted by atomic mass is 16.5. The largest absolute Gasteiger partial charge is 0.482 e. The molecule has 6 heteroatoms. The van der Waals surface area contributed by atoms with E-state index in [1.165, 1.54) is 0 Å². The number of rotatable bonds is 2. The van der Waals surface area contributed by atoms with E-state index in [4.69, 9.17) is 4.74 Å². The molecule has 2 fully saturated rings. The van der Waals surface area contributed by atoms with Crippen molar-refractivity contribution in [1.29, 1.82) is 0 Å². The van der Waals surface area contributed by atoms with Gasteiger partial charge >= 0.3 is 0 Å². The Morgan fingerprint density at radius 3 is 2.62 bits per heavy atom. The van der Waals surface area contributed by atoms with Gasteiger partial charge in [-0.15, -0.1) is 0 Å². The second-order valence-electron chi connectivity index (χ2n) is 6.87. The van der Waals surface area contributed by atoms with Crippen LogP contribution >= 0.6 is 0 Å². The van der Waals surface area contributed by atoms with Crippen LogP contribution in [-0.4, -0.2) is 56.0 Å². The van der Waals surface area contributed by atoms with Gasteiger partial charge in [0.25, 0.3) is 5.91 Å². The third-order valence-corrected chi connectivity index (χ3v) is 5.47. The van der Waals surface area contributed by atoms with Gasteiger partial charge in [-0.2, -0.15) is 0 Å². The highest BCUT2D eigenvalue weighted by molar-refractivity contribution is 6.02. The summed E-state index contributed by atoms with van der Waals surface area (Å²) in [5, 5.41) is 3.45. The van der Waals surface area contributed by atoms with E-state index >= 15 is 0 Å². The van der Waals surface area contributed by atoms with Gasteiger partial charge in [-0.05, 0) is 49.9 Å². The quantitative estimate of drug-likeness (QED) is 0.875. The highest BCUT2D eigenvalue weighted by Gasteiger charge is 2.33. The van der Waals surface area contributed by atoms with Crippen molar-refractivity contribution in [3.8, 4) is 5.75 Å². The lowest BCUT2D eigenvalue weighted by Gasteiger charge is -2.31. The fraction of sp³-hybridized carbons (Fsp3) is 0.556. The molecule has 0 unspecified atom stereocenters. The summed E-state index contributed by atoms with van der Waals surface area (Å²) in [4.78, 5) is 28.5. The molecule has 6 nitrogen and oxygen atoms in total. The van der Waals surface area contributed by atoms with Crippen LogP contribution < -0.4 is 15.0 Å². The fourth-order valence-corrected chi connectivity index (χ4v) is 4.03. The fourth-order valence-electron chi connectivity index (χ4n) is 4.03. The molecule has 1 N–H and O–H groups in total. The van der Waals surface area contributed by atoms with Crippen molar-refractivity contribution >= 4 is 17.5 Å². The molecule has 1 aromatic carbocycles. The lowest BCUT2D eigenvalue weighted by molar-refractivity contribution is -0.132. The summed E-state index contributed by atoms with van der Waals surface area (Å²) in [7, 11) is 0. The predicted octanol–water partition coefficient (Wildman–Crippen LogP) is 0.870. The molecule has 2 saturated heterocycles. The van der Waals surface area contributed by atoms with Gasteiger partial charge in [0.2, 0.25) is 5.91 Å². The van der Waals surface area contributed by atoms with Gasteiger partial charge in [0, 0.05) is 13.1 Å². The molecule has 3 aliphatic rings. The summed E-state index contributed by atoms with van der Waals surface area (Å²) in [5.74, 6) is 1.93. The van der Waals surface area contributed by atoms with Gasteiger partial charge in [0.05, 0.1) is 5.69 Å². The van der Waals surface area contributed by atoms with Crippen LogP contribution in [0.4, 0.5) is 5.69 Å². The molecule has 24 heavy (non-hydrogen) atoms. The molecule has 0 aliphatic carbocycles. The molecule has 2 amide bonds. The Hall–Kier alpha value is -2.08. The Balaban J connectivity index is 1.45. The molecule has 4 rings (SSSR count). The van der Waals surface area contributed by atoms with Crippen LogP contribution in [0.5, 0.6) is 5.75 Å². The Kier molecular flexibility index (Phi) is 4.14. The zero-order chi connectivity index (χ0) is 16.5. The minimum Gasteiger partial charge on any atom is -0.482 e. The predicted molar refractivity (Wildman–Crippen MR) is 90.0 cm³/mol. The van der Waals surface area contributed by atoms with E-state index in [1.807, 2.05) is 29.2 Å². The first-order chi connectivity index (χ1) is 11.7. The SMILES string of the molecule is O=C(CN1C(=O)COc2ccccc21)N1CC[C@@H]2CNC[C@@H]2CC1. The maximum atomic E-state index is 12.8. The van der Waals surface area contributed by atoms with Crippen LogP contribution in [0.2, 0.25) is 0 Å². The van der Waals surface area contributed by atoms with E-state index in [-0.39, 0.29) is 25.0 Å². The lowest BCUT2D eigenvalue weighted by Crippen LogP contribution is -2.46.